The molecule has 3 fully saturated rings. The van der Waals surface area contributed by atoms with Crippen LogP contribution in [0.1, 0.15) is 70.6 Å². The molecule has 0 heterocycles. The first kappa shape index (κ1) is 22.8. The normalized spacial score (nSPS) is 27.7. The van der Waals surface area contributed by atoms with Gasteiger partial charge in [0.1, 0.15) is 5.69 Å². The van der Waals surface area contributed by atoms with Gasteiger partial charge in [0, 0.05) is 13.6 Å². The third kappa shape index (κ3) is 3.71. The fourth-order valence-corrected chi connectivity index (χ4v) is 6.23. The second-order valence-electron chi connectivity index (χ2n) is 10.4. The Bertz CT molecular complexity index is 945. The molecule has 3 saturated carbocycles. The molecule has 8 nitrogen and oxygen atoms in total. The van der Waals surface area contributed by atoms with E-state index in [1.807, 2.05) is 11.9 Å². The number of anilines is 1. The van der Waals surface area contributed by atoms with Gasteiger partial charge in [-0.1, -0.05) is 19.3 Å². The molecule has 0 saturated heterocycles. The number of hydrogen-bond donors (Lipinski definition) is 2. The van der Waals surface area contributed by atoms with E-state index in [9.17, 15) is 19.2 Å². The molecule has 32 heavy (non-hydrogen) atoms. The molecule has 0 spiro atoms. The molecule has 4 rings (SSSR count). The molecular formula is C24H35N3O5. The minimum absolute atomic E-state index is 0.196. The summed E-state index contributed by atoms with van der Waals surface area (Å²) in [6.07, 6.45) is 8.78. The molecule has 0 radical (unpaired) electrons. The zero-order valence-corrected chi connectivity index (χ0v) is 19.0. The zero-order chi connectivity index (χ0) is 23.1. The Labute approximate surface area is 188 Å². The maximum absolute atomic E-state index is 12.7. The molecule has 0 aliphatic heterocycles. The summed E-state index contributed by atoms with van der Waals surface area (Å²) >= 11 is 0. The number of amides is 2. The lowest BCUT2D eigenvalue weighted by atomic mass is 9.50. The van der Waals surface area contributed by atoms with Crippen LogP contribution in [0.2, 0.25) is 0 Å². The standard InChI is InChI=1S/C24H35N3O5/c1-27(17-18(28)19(29)20(17)32-14-16-5-6-16)13-15-7-11-24(12-8-15,22(26)31)23(21(25)30)9-3-2-4-10-23/h15-16H,2-14H2,1H3,(H2,25,30)(H2,26,31). The van der Waals surface area contributed by atoms with Crippen LogP contribution in [0.5, 0.6) is 5.75 Å². The quantitative estimate of drug-likeness (QED) is 0.555. The Balaban J connectivity index is 1.44. The average Bonchev–Trinajstić information content (AvgIpc) is 3.61. The average molecular weight is 446 g/mol. The molecule has 0 unspecified atom stereocenters. The van der Waals surface area contributed by atoms with Crippen LogP contribution < -0.4 is 32.0 Å². The fourth-order valence-electron chi connectivity index (χ4n) is 6.23. The lowest BCUT2D eigenvalue weighted by Gasteiger charge is -2.52. The number of primary amides is 2. The topological polar surface area (TPSA) is 133 Å². The molecule has 2 amide bonds. The van der Waals surface area contributed by atoms with Crippen molar-refractivity contribution >= 4 is 17.5 Å². The monoisotopic (exact) mass is 445 g/mol. The zero-order valence-electron chi connectivity index (χ0n) is 19.0. The van der Waals surface area contributed by atoms with E-state index in [4.69, 9.17) is 16.2 Å². The highest BCUT2D eigenvalue weighted by molar-refractivity contribution is 5.92. The Hall–Kier alpha value is -2.38. The second kappa shape index (κ2) is 8.52. The van der Waals surface area contributed by atoms with Crippen molar-refractivity contribution in [2.45, 2.75) is 70.6 Å². The minimum atomic E-state index is -0.894. The van der Waals surface area contributed by atoms with E-state index in [1.54, 1.807) is 0 Å². The number of nitrogens with zero attached hydrogens (tertiary/aromatic N) is 1. The Morgan fingerprint density at radius 1 is 0.875 bits per heavy atom. The summed E-state index contributed by atoms with van der Waals surface area (Å²) in [5.74, 6) is 0.106. The summed E-state index contributed by atoms with van der Waals surface area (Å²) in [6.45, 7) is 1.08. The van der Waals surface area contributed by atoms with Gasteiger partial charge in [-0.05, 0) is 63.2 Å². The van der Waals surface area contributed by atoms with Gasteiger partial charge in [0.15, 0.2) is 5.75 Å². The van der Waals surface area contributed by atoms with Crippen LogP contribution in [0.3, 0.4) is 0 Å². The number of rotatable bonds is 9. The van der Waals surface area contributed by atoms with Gasteiger partial charge in [-0.2, -0.15) is 0 Å². The van der Waals surface area contributed by atoms with E-state index >= 15 is 0 Å². The minimum Gasteiger partial charge on any atom is -0.487 e. The van der Waals surface area contributed by atoms with E-state index in [0.717, 1.165) is 44.9 Å². The van der Waals surface area contributed by atoms with E-state index in [2.05, 4.69) is 0 Å². The van der Waals surface area contributed by atoms with E-state index in [-0.39, 0.29) is 11.7 Å². The van der Waals surface area contributed by atoms with Gasteiger partial charge in [-0.25, -0.2) is 0 Å². The van der Waals surface area contributed by atoms with Gasteiger partial charge in [0.25, 0.3) is 10.9 Å². The first-order chi connectivity index (χ1) is 15.2. The summed E-state index contributed by atoms with van der Waals surface area (Å²) in [5, 5.41) is 0. The third-order valence-corrected chi connectivity index (χ3v) is 8.44. The van der Waals surface area contributed by atoms with Crippen LogP contribution in [-0.2, 0) is 9.59 Å². The predicted octanol–water partition coefficient (Wildman–Crippen LogP) is 1.61. The van der Waals surface area contributed by atoms with Crippen molar-refractivity contribution in [1.82, 2.24) is 0 Å². The molecule has 4 N–H and O–H groups in total. The largest absolute Gasteiger partial charge is 0.487 e. The van der Waals surface area contributed by atoms with Gasteiger partial charge in [-0.3, -0.25) is 19.2 Å². The molecular weight excluding hydrogens is 410 g/mol. The molecule has 3 aliphatic rings. The van der Waals surface area contributed by atoms with E-state index in [0.29, 0.717) is 50.4 Å². The number of carbonyl (C=O) groups excluding carboxylic acids is 2. The van der Waals surface area contributed by atoms with Crippen molar-refractivity contribution in [2.75, 3.05) is 25.1 Å². The Kier molecular flexibility index (Phi) is 6.07. The lowest BCUT2D eigenvalue weighted by molar-refractivity contribution is -0.157. The number of carbonyl (C=O) groups is 2. The summed E-state index contributed by atoms with van der Waals surface area (Å²) in [4.78, 5) is 51.3. The first-order valence-electron chi connectivity index (χ1n) is 12.0. The van der Waals surface area contributed by atoms with Gasteiger partial charge < -0.3 is 21.1 Å². The number of hydrogen-bond acceptors (Lipinski definition) is 6. The van der Waals surface area contributed by atoms with Crippen LogP contribution in [0, 0.1) is 22.7 Å². The molecule has 176 valence electrons. The maximum Gasteiger partial charge on any atom is 0.272 e. The highest BCUT2D eigenvalue weighted by Crippen LogP contribution is 2.57. The van der Waals surface area contributed by atoms with Crippen molar-refractivity contribution in [3.63, 3.8) is 0 Å². The number of nitrogens with two attached hydrogens (primary N) is 2. The summed E-state index contributed by atoms with van der Waals surface area (Å²) in [7, 11) is 1.81. The van der Waals surface area contributed by atoms with Crippen molar-refractivity contribution in [3.05, 3.63) is 20.4 Å². The molecule has 3 aliphatic carbocycles. The van der Waals surface area contributed by atoms with Crippen LogP contribution >= 0.6 is 0 Å². The SMILES string of the molecule is CN(CC1CCC(C(N)=O)(C2(C(N)=O)CCCCC2)CC1)c1c(OCC2CC2)c(=O)c1=O. The van der Waals surface area contributed by atoms with Crippen molar-refractivity contribution in [1.29, 1.82) is 0 Å². The number of ether oxygens (including phenoxy) is 1. The highest BCUT2D eigenvalue weighted by Gasteiger charge is 2.59. The van der Waals surface area contributed by atoms with Gasteiger partial charge >= 0.3 is 0 Å². The molecule has 1 aromatic rings. The van der Waals surface area contributed by atoms with Crippen molar-refractivity contribution < 1.29 is 14.3 Å². The summed E-state index contributed by atoms with van der Waals surface area (Å²) in [6, 6.07) is 0. The van der Waals surface area contributed by atoms with Crippen LogP contribution in [0.15, 0.2) is 9.59 Å². The Morgan fingerprint density at radius 3 is 1.97 bits per heavy atom. The molecule has 1 aromatic carbocycles. The van der Waals surface area contributed by atoms with Gasteiger partial charge in [-0.15, -0.1) is 0 Å². The fraction of sp³-hybridized carbons (Fsp3) is 0.750. The van der Waals surface area contributed by atoms with Crippen LogP contribution in [0.4, 0.5) is 5.69 Å². The lowest BCUT2D eigenvalue weighted by Crippen LogP contribution is -2.59. The maximum atomic E-state index is 12.7. The third-order valence-electron chi connectivity index (χ3n) is 8.44. The molecule has 8 heteroatoms. The van der Waals surface area contributed by atoms with E-state index < -0.39 is 33.5 Å². The second-order valence-corrected chi connectivity index (χ2v) is 10.4. The summed E-state index contributed by atoms with van der Waals surface area (Å²) < 4.78 is 5.65. The molecule has 0 atom stereocenters. The van der Waals surface area contributed by atoms with Crippen molar-refractivity contribution in [2.24, 2.45) is 34.1 Å². The molecule has 0 aromatic heterocycles. The highest BCUT2D eigenvalue weighted by atomic mass is 16.5. The van der Waals surface area contributed by atoms with Gasteiger partial charge in [0.05, 0.1) is 17.4 Å². The van der Waals surface area contributed by atoms with Crippen LogP contribution in [-0.4, -0.2) is 32.0 Å². The molecule has 0 bridgehead atoms. The summed E-state index contributed by atoms with van der Waals surface area (Å²) in [5.41, 5.74) is 9.41. The Morgan fingerprint density at radius 2 is 1.44 bits per heavy atom. The smallest absolute Gasteiger partial charge is 0.272 e. The van der Waals surface area contributed by atoms with E-state index in [1.165, 1.54) is 0 Å². The van der Waals surface area contributed by atoms with Gasteiger partial charge in [0.2, 0.25) is 11.8 Å². The van der Waals surface area contributed by atoms with Crippen LogP contribution in [0.25, 0.3) is 0 Å². The predicted molar refractivity (Wildman–Crippen MR) is 121 cm³/mol. The van der Waals surface area contributed by atoms with Crippen molar-refractivity contribution in [3.8, 4) is 5.75 Å². The first-order valence-corrected chi connectivity index (χ1v) is 12.0.